The summed E-state index contributed by atoms with van der Waals surface area (Å²) in [4.78, 5) is 19.9. The normalized spacial score (nSPS) is 18.1. The summed E-state index contributed by atoms with van der Waals surface area (Å²) in [5.41, 5.74) is 0.513. The lowest BCUT2D eigenvalue weighted by Crippen LogP contribution is -2.37. The van der Waals surface area contributed by atoms with E-state index in [1.165, 1.54) is 6.42 Å². The van der Waals surface area contributed by atoms with E-state index in [-0.39, 0.29) is 11.2 Å². The maximum absolute atomic E-state index is 12.2. The molecule has 1 aromatic rings. The van der Waals surface area contributed by atoms with Crippen LogP contribution in [0.1, 0.15) is 63.9 Å². The lowest BCUT2D eigenvalue weighted by molar-refractivity contribution is -0.0770. The van der Waals surface area contributed by atoms with E-state index in [2.05, 4.69) is 34.5 Å². The van der Waals surface area contributed by atoms with Crippen LogP contribution in [0, 0.1) is 3.57 Å². The van der Waals surface area contributed by atoms with E-state index in [0.717, 1.165) is 53.6 Å². The van der Waals surface area contributed by atoms with E-state index in [1.807, 2.05) is 6.92 Å². The monoisotopic (exact) mass is 390 g/mol. The van der Waals surface area contributed by atoms with E-state index >= 15 is 0 Å². The number of aromatic nitrogens is 2. The summed E-state index contributed by atoms with van der Waals surface area (Å²) in [6, 6.07) is 0. The van der Waals surface area contributed by atoms with Crippen molar-refractivity contribution in [3.63, 3.8) is 0 Å². The van der Waals surface area contributed by atoms with Gasteiger partial charge in [-0.15, -0.1) is 0 Å². The molecule has 1 aliphatic rings. The van der Waals surface area contributed by atoms with Crippen LogP contribution >= 0.6 is 22.6 Å². The van der Waals surface area contributed by atoms with Crippen molar-refractivity contribution in [2.45, 2.75) is 64.4 Å². The summed E-state index contributed by atoms with van der Waals surface area (Å²) in [5.74, 6) is 0.743. The average Bonchev–Trinajstić information content (AvgIpc) is 2.45. The highest BCUT2D eigenvalue weighted by Crippen LogP contribution is 2.38. The maximum Gasteiger partial charge on any atom is 0.264 e. The minimum atomic E-state index is -0.376. The third kappa shape index (κ3) is 3.24. The predicted octanol–water partition coefficient (Wildman–Crippen LogP) is 3.52. The van der Waals surface area contributed by atoms with Gasteiger partial charge in [-0.2, -0.15) is 0 Å². The van der Waals surface area contributed by atoms with Gasteiger partial charge >= 0.3 is 0 Å². The zero-order chi connectivity index (χ0) is 14.6. The summed E-state index contributed by atoms with van der Waals surface area (Å²) in [6.45, 7) is 4.77. The quantitative estimate of drug-likeness (QED) is 0.783. The largest absolute Gasteiger partial charge is 0.367 e. The van der Waals surface area contributed by atoms with Crippen molar-refractivity contribution in [3.05, 3.63) is 25.4 Å². The molecule has 0 atom stereocenters. The van der Waals surface area contributed by atoms with Crippen LogP contribution in [0.2, 0.25) is 0 Å². The molecule has 0 aliphatic heterocycles. The molecule has 5 heteroatoms. The Morgan fingerprint density at radius 2 is 2.00 bits per heavy atom. The lowest BCUT2D eigenvalue weighted by Gasteiger charge is -2.36. The standard InChI is InChI=1S/C15H23IN2O2/c1-3-8-11-12(16)13(19)18-14(17-11)15(20-4-2)9-6-5-7-10-15/h3-10H2,1-2H3,(H,17,18,19). The number of nitrogens with zero attached hydrogens (tertiary/aromatic N) is 1. The van der Waals surface area contributed by atoms with Crippen LogP contribution in [0.15, 0.2) is 4.79 Å². The van der Waals surface area contributed by atoms with Gasteiger partial charge in [-0.25, -0.2) is 4.98 Å². The zero-order valence-electron chi connectivity index (χ0n) is 12.3. The molecule has 1 aromatic heterocycles. The predicted molar refractivity (Wildman–Crippen MR) is 88.0 cm³/mol. The molecule has 0 bridgehead atoms. The molecule has 1 aliphatic carbocycles. The topological polar surface area (TPSA) is 55.0 Å². The second kappa shape index (κ2) is 7.02. The third-order valence-electron chi connectivity index (χ3n) is 3.93. The van der Waals surface area contributed by atoms with E-state index in [0.29, 0.717) is 6.61 Å². The maximum atomic E-state index is 12.2. The molecule has 0 unspecified atom stereocenters. The van der Waals surface area contributed by atoms with Gasteiger partial charge in [0, 0.05) is 6.61 Å². The molecule has 1 saturated carbocycles. The first-order chi connectivity index (χ1) is 9.63. The molecule has 1 N–H and O–H groups in total. The first-order valence-electron chi connectivity index (χ1n) is 7.56. The molecule has 20 heavy (non-hydrogen) atoms. The fourth-order valence-electron chi connectivity index (χ4n) is 2.97. The number of hydrogen-bond acceptors (Lipinski definition) is 3. The van der Waals surface area contributed by atoms with Crippen molar-refractivity contribution in [3.8, 4) is 0 Å². The minimum absolute atomic E-state index is 0.0244. The van der Waals surface area contributed by atoms with Crippen molar-refractivity contribution in [2.75, 3.05) is 6.61 Å². The van der Waals surface area contributed by atoms with Gasteiger partial charge in [0.05, 0.1) is 9.26 Å². The molecule has 1 heterocycles. The summed E-state index contributed by atoms with van der Waals surface area (Å²) in [5, 5.41) is 0. The molecule has 0 saturated heterocycles. The van der Waals surface area contributed by atoms with Gasteiger partial charge in [0.15, 0.2) is 0 Å². The van der Waals surface area contributed by atoms with Crippen LogP contribution in [0.3, 0.4) is 0 Å². The van der Waals surface area contributed by atoms with Crippen molar-refractivity contribution >= 4 is 22.6 Å². The highest BCUT2D eigenvalue weighted by Gasteiger charge is 2.37. The van der Waals surface area contributed by atoms with Gasteiger partial charge in [0.25, 0.3) is 5.56 Å². The van der Waals surface area contributed by atoms with E-state index in [1.54, 1.807) is 0 Å². The van der Waals surface area contributed by atoms with Gasteiger partial charge in [-0.3, -0.25) is 4.79 Å². The SMILES string of the molecule is CCCc1nc(C2(OCC)CCCCC2)[nH]c(=O)c1I. The van der Waals surface area contributed by atoms with Crippen molar-refractivity contribution in [1.82, 2.24) is 9.97 Å². The van der Waals surface area contributed by atoms with Crippen LogP contribution in [0.25, 0.3) is 0 Å². The highest BCUT2D eigenvalue weighted by atomic mass is 127. The second-order valence-electron chi connectivity index (χ2n) is 5.41. The van der Waals surface area contributed by atoms with Crippen molar-refractivity contribution < 1.29 is 4.74 Å². The van der Waals surface area contributed by atoms with Gasteiger partial charge in [0.1, 0.15) is 11.4 Å². The van der Waals surface area contributed by atoms with Crippen LogP contribution in [0.5, 0.6) is 0 Å². The van der Waals surface area contributed by atoms with Gasteiger partial charge < -0.3 is 9.72 Å². The Morgan fingerprint density at radius 1 is 1.30 bits per heavy atom. The Morgan fingerprint density at radius 3 is 2.60 bits per heavy atom. The van der Waals surface area contributed by atoms with Gasteiger partial charge in [-0.05, 0) is 48.8 Å². The van der Waals surface area contributed by atoms with E-state index < -0.39 is 0 Å². The van der Waals surface area contributed by atoms with Gasteiger partial charge in [-0.1, -0.05) is 32.6 Å². The first kappa shape index (κ1) is 15.9. The number of nitrogens with one attached hydrogen (secondary N) is 1. The van der Waals surface area contributed by atoms with Crippen LogP contribution < -0.4 is 5.56 Å². The molecule has 1 fully saturated rings. The minimum Gasteiger partial charge on any atom is -0.367 e. The Balaban J connectivity index is 2.45. The number of halogens is 1. The second-order valence-corrected chi connectivity index (χ2v) is 6.49. The molecular formula is C15H23IN2O2. The van der Waals surface area contributed by atoms with Crippen molar-refractivity contribution in [1.29, 1.82) is 0 Å². The summed E-state index contributed by atoms with van der Waals surface area (Å²) < 4.78 is 6.77. The van der Waals surface area contributed by atoms with Crippen LogP contribution in [-0.2, 0) is 16.8 Å². The fraction of sp³-hybridized carbons (Fsp3) is 0.733. The zero-order valence-corrected chi connectivity index (χ0v) is 14.5. The Labute approximate surface area is 133 Å². The Bertz CT molecular complexity index is 502. The molecule has 4 nitrogen and oxygen atoms in total. The van der Waals surface area contributed by atoms with Crippen molar-refractivity contribution in [2.24, 2.45) is 0 Å². The summed E-state index contributed by atoms with van der Waals surface area (Å²) in [7, 11) is 0. The molecule has 0 amide bonds. The molecule has 0 radical (unpaired) electrons. The lowest BCUT2D eigenvalue weighted by atomic mass is 9.83. The Hall–Kier alpha value is -0.430. The highest BCUT2D eigenvalue weighted by molar-refractivity contribution is 14.1. The molecular weight excluding hydrogens is 367 g/mol. The van der Waals surface area contributed by atoms with Crippen LogP contribution in [0.4, 0.5) is 0 Å². The molecule has 112 valence electrons. The number of rotatable bonds is 5. The molecule has 0 aromatic carbocycles. The number of aromatic amines is 1. The molecule has 2 rings (SSSR count). The number of H-pyrrole nitrogens is 1. The number of aryl methyl sites for hydroxylation is 1. The average molecular weight is 390 g/mol. The smallest absolute Gasteiger partial charge is 0.264 e. The Kier molecular flexibility index (Phi) is 5.60. The number of hydrogen-bond donors (Lipinski definition) is 1. The fourth-order valence-corrected chi connectivity index (χ4v) is 3.50. The van der Waals surface area contributed by atoms with E-state index in [4.69, 9.17) is 9.72 Å². The number of ether oxygens (including phenoxy) is 1. The van der Waals surface area contributed by atoms with Crippen LogP contribution in [-0.4, -0.2) is 16.6 Å². The third-order valence-corrected chi connectivity index (χ3v) is 5.04. The van der Waals surface area contributed by atoms with E-state index in [9.17, 15) is 4.79 Å². The summed E-state index contributed by atoms with van der Waals surface area (Å²) >= 11 is 2.09. The molecule has 0 spiro atoms. The van der Waals surface area contributed by atoms with Gasteiger partial charge in [0.2, 0.25) is 0 Å². The summed E-state index contributed by atoms with van der Waals surface area (Å²) in [6.07, 6.45) is 7.26. The first-order valence-corrected chi connectivity index (χ1v) is 8.64.